The third kappa shape index (κ3) is 4.29. The van der Waals surface area contributed by atoms with Gasteiger partial charge >= 0.3 is 0 Å². The van der Waals surface area contributed by atoms with Gasteiger partial charge in [-0.15, -0.1) is 0 Å². The molecule has 7 heteroatoms. The molecular formula is C22H26ClN3O2S. The van der Waals surface area contributed by atoms with Crippen molar-refractivity contribution < 1.29 is 9.47 Å². The van der Waals surface area contributed by atoms with Gasteiger partial charge in [0.25, 0.3) is 0 Å². The minimum absolute atomic E-state index is 0.506. The number of piperazine rings is 1. The van der Waals surface area contributed by atoms with E-state index in [0.29, 0.717) is 27.7 Å². The summed E-state index contributed by atoms with van der Waals surface area (Å²) in [6.45, 7) is 3.85. The molecule has 4 rings (SSSR count). The van der Waals surface area contributed by atoms with Gasteiger partial charge in [0.15, 0.2) is 5.11 Å². The van der Waals surface area contributed by atoms with Crippen LogP contribution in [0.1, 0.15) is 11.1 Å². The van der Waals surface area contributed by atoms with Crippen LogP contribution in [-0.4, -0.2) is 61.4 Å². The summed E-state index contributed by atoms with van der Waals surface area (Å²) >= 11 is 11.9. The Kier molecular flexibility index (Phi) is 6.13. The highest BCUT2D eigenvalue weighted by atomic mass is 35.5. The van der Waals surface area contributed by atoms with E-state index >= 15 is 0 Å². The summed E-state index contributed by atoms with van der Waals surface area (Å²) in [6.07, 6.45) is 2.31. The number of fused-ring (bicyclic) bond motifs is 1. The number of thiocarbonyl (C=S) groups is 1. The lowest BCUT2D eigenvalue weighted by Gasteiger charge is -2.39. The molecule has 0 saturated carbocycles. The summed E-state index contributed by atoms with van der Waals surface area (Å²) in [7, 11) is 3.21. The van der Waals surface area contributed by atoms with Gasteiger partial charge in [0.05, 0.1) is 24.9 Å². The van der Waals surface area contributed by atoms with Crippen LogP contribution in [0.15, 0.2) is 36.4 Å². The Hall–Kier alpha value is -2.02. The maximum absolute atomic E-state index is 6.20. The van der Waals surface area contributed by atoms with Crippen LogP contribution in [0.4, 0.5) is 5.69 Å². The van der Waals surface area contributed by atoms with Crippen molar-refractivity contribution >= 4 is 34.6 Å². The van der Waals surface area contributed by atoms with Crippen molar-refractivity contribution in [2.45, 2.75) is 18.9 Å². The van der Waals surface area contributed by atoms with E-state index in [1.165, 1.54) is 11.1 Å². The summed E-state index contributed by atoms with van der Waals surface area (Å²) in [5.74, 6) is 1.23. The molecule has 2 aromatic carbocycles. The van der Waals surface area contributed by atoms with Crippen molar-refractivity contribution in [1.29, 1.82) is 0 Å². The number of nitrogens with one attached hydrogen (secondary N) is 1. The number of hydrogen-bond acceptors (Lipinski definition) is 4. The van der Waals surface area contributed by atoms with Crippen molar-refractivity contribution in [2.75, 3.05) is 45.7 Å². The van der Waals surface area contributed by atoms with Crippen LogP contribution in [-0.2, 0) is 12.8 Å². The van der Waals surface area contributed by atoms with Gasteiger partial charge < -0.3 is 19.7 Å². The minimum Gasteiger partial charge on any atom is -0.495 e. The van der Waals surface area contributed by atoms with E-state index in [-0.39, 0.29) is 0 Å². The fourth-order valence-corrected chi connectivity index (χ4v) is 4.76. The normalized spacial score (nSPS) is 17.1. The number of ether oxygens (including phenoxy) is 2. The summed E-state index contributed by atoms with van der Waals surface area (Å²) in [5.41, 5.74) is 3.76. The van der Waals surface area contributed by atoms with Gasteiger partial charge in [-0.3, -0.25) is 4.90 Å². The van der Waals surface area contributed by atoms with Crippen molar-refractivity contribution in [3.63, 3.8) is 0 Å². The Labute approximate surface area is 182 Å². The number of rotatable bonds is 4. The Morgan fingerprint density at radius 2 is 1.62 bits per heavy atom. The Bertz CT molecular complexity index is 875. The molecule has 0 radical (unpaired) electrons. The molecule has 0 bridgehead atoms. The largest absolute Gasteiger partial charge is 0.495 e. The molecule has 1 fully saturated rings. The average Bonchev–Trinajstić information content (AvgIpc) is 3.19. The number of halogens is 1. The summed E-state index contributed by atoms with van der Waals surface area (Å²) < 4.78 is 10.8. The average molecular weight is 432 g/mol. The van der Waals surface area contributed by atoms with E-state index in [1.807, 2.05) is 6.07 Å². The highest BCUT2D eigenvalue weighted by Crippen LogP contribution is 2.36. The number of nitrogens with zero attached hydrogens (tertiary/aromatic N) is 2. The lowest BCUT2D eigenvalue weighted by Crippen LogP contribution is -2.53. The number of hydrogen-bond donors (Lipinski definition) is 1. The summed E-state index contributed by atoms with van der Waals surface area (Å²) in [6, 6.07) is 13.0. The standard InChI is InChI=1S/C22H26ClN3O2S/c1-27-20-14-19(21(28-2)13-18(20)23)24-22(29)26-9-7-25(8-10-26)17-11-15-5-3-4-6-16(15)12-17/h3-6,13-14,17H,7-12H2,1-2H3,(H,24,29). The lowest BCUT2D eigenvalue weighted by atomic mass is 10.1. The quantitative estimate of drug-likeness (QED) is 0.741. The topological polar surface area (TPSA) is 37.0 Å². The fourth-order valence-electron chi connectivity index (χ4n) is 4.24. The predicted molar refractivity (Wildman–Crippen MR) is 122 cm³/mol. The second kappa shape index (κ2) is 8.78. The van der Waals surface area contributed by atoms with E-state index in [9.17, 15) is 0 Å². The van der Waals surface area contributed by atoms with Gasteiger partial charge in [0.1, 0.15) is 11.5 Å². The predicted octanol–water partition coefficient (Wildman–Crippen LogP) is 3.84. The van der Waals surface area contributed by atoms with Gasteiger partial charge in [-0.1, -0.05) is 35.9 Å². The monoisotopic (exact) mass is 431 g/mol. The third-order valence-electron chi connectivity index (χ3n) is 5.86. The molecule has 154 valence electrons. The third-order valence-corrected chi connectivity index (χ3v) is 6.52. The zero-order valence-electron chi connectivity index (χ0n) is 16.8. The van der Waals surface area contributed by atoms with Crippen LogP contribution in [0.5, 0.6) is 11.5 Å². The SMILES string of the molecule is COc1cc(NC(=S)N2CCN(C3Cc4ccccc4C3)CC2)c(OC)cc1Cl. The van der Waals surface area contributed by atoms with E-state index in [0.717, 1.165) is 44.7 Å². The van der Waals surface area contributed by atoms with Gasteiger partial charge in [0.2, 0.25) is 0 Å². The van der Waals surface area contributed by atoms with Crippen molar-refractivity contribution in [2.24, 2.45) is 0 Å². The molecule has 0 atom stereocenters. The van der Waals surface area contributed by atoms with Crippen molar-refractivity contribution in [1.82, 2.24) is 9.80 Å². The summed E-state index contributed by atoms with van der Waals surface area (Å²) in [4.78, 5) is 4.82. The Morgan fingerprint density at radius 1 is 1.00 bits per heavy atom. The smallest absolute Gasteiger partial charge is 0.173 e. The number of methoxy groups -OCH3 is 2. The van der Waals surface area contributed by atoms with Gasteiger partial charge in [0, 0.05) is 44.4 Å². The molecule has 5 nitrogen and oxygen atoms in total. The molecule has 2 aromatic rings. The molecule has 2 aliphatic rings. The number of anilines is 1. The van der Waals surface area contributed by atoms with Crippen LogP contribution in [0.2, 0.25) is 5.02 Å². The van der Waals surface area contributed by atoms with Gasteiger partial charge in [-0.2, -0.15) is 0 Å². The van der Waals surface area contributed by atoms with Crippen LogP contribution in [0, 0.1) is 0 Å². The van der Waals surface area contributed by atoms with Crippen LogP contribution in [0.25, 0.3) is 0 Å². The molecule has 1 N–H and O–H groups in total. The second-order valence-corrected chi connectivity index (χ2v) is 8.26. The van der Waals surface area contributed by atoms with E-state index in [1.54, 1.807) is 20.3 Å². The summed E-state index contributed by atoms with van der Waals surface area (Å²) in [5, 5.41) is 4.51. The minimum atomic E-state index is 0.506. The molecule has 1 saturated heterocycles. The molecule has 0 amide bonds. The first-order valence-corrected chi connectivity index (χ1v) is 10.7. The van der Waals surface area contributed by atoms with Crippen LogP contribution in [0.3, 0.4) is 0 Å². The first-order chi connectivity index (χ1) is 14.1. The van der Waals surface area contributed by atoms with E-state index in [2.05, 4.69) is 39.4 Å². The highest BCUT2D eigenvalue weighted by molar-refractivity contribution is 7.80. The maximum Gasteiger partial charge on any atom is 0.173 e. The molecule has 1 aliphatic heterocycles. The number of benzene rings is 2. The Morgan fingerprint density at radius 3 is 2.21 bits per heavy atom. The molecule has 1 aliphatic carbocycles. The zero-order valence-corrected chi connectivity index (χ0v) is 18.4. The zero-order chi connectivity index (χ0) is 20.4. The molecule has 0 spiro atoms. The van der Waals surface area contributed by atoms with Gasteiger partial charge in [-0.05, 0) is 36.2 Å². The van der Waals surface area contributed by atoms with E-state index < -0.39 is 0 Å². The molecule has 0 unspecified atom stereocenters. The Balaban J connectivity index is 1.35. The maximum atomic E-state index is 6.20. The fraction of sp³-hybridized carbons (Fsp3) is 0.409. The van der Waals surface area contributed by atoms with Gasteiger partial charge in [-0.25, -0.2) is 0 Å². The first-order valence-electron chi connectivity index (χ1n) is 9.87. The van der Waals surface area contributed by atoms with Crippen molar-refractivity contribution in [3.05, 3.63) is 52.5 Å². The second-order valence-electron chi connectivity index (χ2n) is 7.47. The highest BCUT2D eigenvalue weighted by Gasteiger charge is 2.29. The van der Waals surface area contributed by atoms with Crippen LogP contribution < -0.4 is 14.8 Å². The first kappa shape index (κ1) is 20.3. The molecule has 1 heterocycles. The molecule has 29 heavy (non-hydrogen) atoms. The molecular weight excluding hydrogens is 406 g/mol. The molecule has 0 aromatic heterocycles. The van der Waals surface area contributed by atoms with Crippen LogP contribution >= 0.6 is 23.8 Å². The van der Waals surface area contributed by atoms with Crippen molar-refractivity contribution in [3.8, 4) is 11.5 Å². The van der Waals surface area contributed by atoms with E-state index in [4.69, 9.17) is 33.3 Å². The lowest BCUT2D eigenvalue weighted by molar-refractivity contribution is 0.137.